The smallest absolute Gasteiger partial charge is 0.260 e. The highest BCUT2D eigenvalue weighted by Crippen LogP contribution is 2.27. The SMILES string of the molecule is CSc1nc(-c2ccco2)nc(C)c1C(=O)Nc1ccc(-n2nc(C)cc2C)c(F)c1. The first kappa shape index (κ1) is 20.8. The second-order valence-corrected chi connectivity index (χ2v) is 7.75. The Bertz CT molecular complexity index is 1270. The predicted octanol–water partition coefficient (Wildman–Crippen LogP) is 4.96. The fourth-order valence-corrected chi connectivity index (χ4v) is 3.92. The number of thioether (sulfide) groups is 1. The summed E-state index contributed by atoms with van der Waals surface area (Å²) in [6, 6.07) is 9.87. The van der Waals surface area contributed by atoms with Crippen LogP contribution >= 0.6 is 11.8 Å². The predicted molar refractivity (Wildman–Crippen MR) is 117 cm³/mol. The van der Waals surface area contributed by atoms with E-state index in [2.05, 4.69) is 20.4 Å². The molecule has 0 bridgehead atoms. The normalized spacial score (nSPS) is 11.0. The second-order valence-electron chi connectivity index (χ2n) is 6.95. The first-order valence-corrected chi connectivity index (χ1v) is 10.7. The first-order chi connectivity index (χ1) is 14.9. The molecule has 0 radical (unpaired) electrons. The number of hydrogen-bond donors (Lipinski definition) is 1. The molecule has 0 atom stereocenters. The maximum Gasteiger partial charge on any atom is 0.260 e. The van der Waals surface area contributed by atoms with E-state index in [1.807, 2.05) is 26.2 Å². The van der Waals surface area contributed by atoms with Gasteiger partial charge in [-0.3, -0.25) is 4.79 Å². The van der Waals surface area contributed by atoms with Crippen LogP contribution < -0.4 is 5.32 Å². The van der Waals surface area contributed by atoms with Crippen LogP contribution in [0.15, 0.2) is 52.1 Å². The van der Waals surface area contributed by atoms with Crippen LogP contribution in [0, 0.1) is 26.6 Å². The molecular weight excluding hydrogens is 417 g/mol. The van der Waals surface area contributed by atoms with Gasteiger partial charge in [0.1, 0.15) is 10.7 Å². The lowest BCUT2D eigenvalue weighted by molar-refractivity contribution is 0.102. The average molecular weight is 438 g/mol. The minimum absolute atomic E-state index is 0.315. The quantitative estimate of drug-likeness (QED) is 0.351. The van der Waals surface area contributed by atoms with Gasteiger partial charge in [-0.15, -0.1) is 11.8 Å². The third-order valence-corrected chi connectivity index (χ3v) is 5.34. The van der Waals surface area contributed by atoms with Crippen molar-refractivity contribution >= 4 is 23.4 Å². The molecule has 158 valence electrons. The molecule has 0 fully saturated rings. The summed E-state index contributed by atoms with van der Waals surface area (Å²) < 4.78 is 21.7. The summed E-state index contributed by atoms with van der Waals surface area (Å²) in [5, 5.41) is 7.56. The number of furan rings is 1. The topological polar surface area (TPSA) is 85.8 Å². The zero-order valence-electron chi connectivity index (χ0n) is 17.4. The number of carbonyl (C=O) groups excluding carboxylic acids is 1. The van der Waals surface area contributed by atoms with Gasteiger partial charge in [0.2, 0.25) is 0 Å². The van der Waals surface area contributed by atoms with Crippen LogP contribution in [0.4, 0.5) is 10.1 Å². The highest BCUT2D eigenvalue weighted by atomic mass is 32.2. The van der Waals surface area contributed by atoms with E-state index in [1.165, 1.54) is 28.8 Å². The Morgan fingerprint density at radius 1 is 1.16 bits per heavy atom. The zero-order chi connectivity index (χ0) is 22.1. The van der Waals surface area contributed by atoms with Crippen molar-refractivity contribution in [3.63, 3.8) is 0 Å². The summed E-state index contributed by atoms with van der Waals surface area (Å²) in [4.78, 5) is 21.8. The van der Waals surface area contributed by atoms with Crippen LogP contribution in [0.5, 0.6) is 0 Å². The van der Waals surface area contributed by atoms with Gasteiger partial charge in [0.25, 0.3) is 5.91 Å². The minimum Gasteiger partial charge on any atom is -0.461 e. The number of benzene rings is 1. The molecule has 1 aromatic carbocycles. The molecule has 0 aliphatic heterocycles. The summed E-state index contributed by atoms with van der Waals surface area (Å²) >= 11 is 1.33. The third kappa shape index (κ3) is 4.09. The molecule has 1 N–H and O–H groups in total. The minimum atomic E-state index is -0.491. The Morgan fingerprint density at radius 2 is 1.97 bits per heavy atom. The van der Waals surface area contributed by atoms with E-state index in [4.69, 9.17) is 4.42 Å². The number of halogens is 1. The number of amides is 1. The van der Waals surface area contributed by atoms with E-state index in [-0.39, 0.29) is 0 Å². The van der Waals surface area contributed by atoms with Gasteiger partial charge in [-0.25, -0.2) is 19.0 Å². The number of carbonyl (C=O) groups is 1. The van der Waals surface area contributed by atoms with Crippen LogP contribution in [0.25, 0.3) is 17.3 Å². The Morgan fingerprint density at radius 3 is 2.58 bits per heavy atom. The molecule has 4 aromatic rings. The van der Waals surface area contributed by atoms with Gasteiger partial charge < -0.3 is 9.73 Å². The highest BCUT2D eigenvalue weighted by molar-refractivity contribution is 7.98. The molecule has 4 rings (SSSR count). The Kier molecular flexibility index (Phi) is 5.60. The highest BCUT2D eigenvalue weighted by Gasteiger charge is 2.20. The molecule has 0 aliphatic rings. The van der Waals surface area contributed by atoms with Crippen molar-refractivity contribution in [2.75, 3.05) is 11.6 Å². The molecule has 9 heteroatoms. The second kappa shape index (κ2) is 8.35. The van der Waals surface area contributed by atoms with E-state index in [9.17, 15) is 9.18 Å². The molecule has 1 amide bonds. The van der Waals surface area contributed by atoms with Gasteiger partial charge in [0.15, 0.2) is 17.4 Å². The van der Waals surface area contributed by atoms with E-state index in [0.717, 1.165) is 11.4 Å². The number of rotatable bonds is 5. The number of nitrogens with zero attached hydrogens (tertiary/aromatic N) is 4. The van der Waals surface area contributed by atoms with E-state index in [0.29, 0.717) is 39.2 Å². The van der Waals surface area contributed by atoms with Crippen molar-refractivity contribution in [2.45, 2.75) is 25.8 Å². The molecular formula is C22H20FN5O2S. The number of anilines is 1. The van der Waals surface area contributed by atoms with Gasteiger partial charge in [0.05, 0.1) is 23.2 Å². The summed E-state index contributed by atoms with van der Waals surface area (Å²) in [6.07, 6.45) is 3.37. The molecule has 3 heterocycles. The molecule has 0 unspecified atom stereocenters. The lowest BCUT2D eigenvalue weighted by atomic mass is 10.2. The molecule has 0 spiro atoms. The molecule has 31 heavy (non-hydrogen) atoms. The number of aromatic nitrogens is 4. The van der Waals surface area contributed by atoms with Crippen LogP contribution in [0.2, 0.25) is 0 Å². The maximum absolute atomic E-state index is 14.8. The van der Waals surface area contributed by atoms with Crippen molar-refractivity contribution in [3.8, 4) is 17.3 Å². The lowest BCUT2D eigenvalue weighted by Gasteiger charge is -2.13. The Hall–Kier alpha value is -3.46. The molecule has 0 aliphatic carbocycles. The van der Waals surface area contributed by atoms with Crippen molar-refractivity contribution < 1.29 is 13.6 Å². The van der Waals surface area contributed by atoms with Crippen molar-refractivity contribution in [3.05, 3.63) is 71.1 Å². The van der Waals surface area contributed by atoms with E-state index < -0.39 is 11.7 Å². The number of aryl methyl sites for hydroxylation is 3. The van der Waals surface area contributed by atoms with E-state index in [1.54, 1.807) is 31.2 Å². The van der Waals surface area contributed by atoms with Crippen LogP contribution in [0.3, 0.4) is 0 Å². The van der Waals surface area contributed by atoms with Gasteiger partial charge in [-0.05, 0) is 63.4 Å². The van der Waals surface area contributed by atoms with Crippen molar-refractivity contribution in [1.29, 1.82) is 0 Å². The molecule has 3 aromatic heterocycles. The summed E-state index contributed by atoms with van der Waals surface area (Å²) in [5.74, 6) is 0.0252. The van der Waals surface area contributed by atoms with Gasteiger partial charge in [0, 0.05) is 11.4 Å². The molecule has 0 saturated heterocycles. The lowest BCUT2D eigenvalue weighted by Crippen LogP contribution is -2.17. The third-order valence-electron chi connectivity index (χ3n) is 4.66. The summed E-state index contributed by atoms with van der Waals surface area (Å²) in [7, 11) is 0. The van der Waals surface area contributed by atoms with Gasteiger partial charge in [-0.2, -0.15) is 5.10 Å². The molecule has 7 nitrogen and oxygen atoms in total. The average Bonchev–Trinajstić information content (AvgIpc) is 3.37. The monoisotopic (exact) mass is 437 g/mol. The van der Waals surface area contributed by atoms with Crippen LogP contribution in [-0.2, 0) is 0 Å². The Labute approximate surface area is 182 Å². The van der Waals surface area contributed by atoms with Crippen LogP contribution in [0.1, 0.15) is 27.4 Å². The van der Waals surface area contributed by atoms with Crippen LogP contribution in [-0.4, -0.2) is 31.9 Å². The fraction of sp³-hybridized carbons (Fsp3) is 0.182. The molecule has 0 saturated carbocycles. The van der Waals surface area contributed by atoms with Gasteiger partial charge >= 0.3 is 0 Å². The first-order valence-electron chi connectivity index (χ1n) is 9.48. The fourth-order valence-electron chi connectivity index (χ4n) is 3.29. The zero-order valence-corrected chi connectivity index (χ0v) is 18.2. The summed E-state index contributed by atoms with van der Waals surface area (Å²) in [5.41, 5.74) is 3.11. The number of hydrogen-bond acceptors (Lipinski definition) is 6. The van der Waals surface area contributed by atoms with Crippen molar-refractivity contribution in [2.24, 2.45) is 0 Å². The van der Waals surface area contributed by atoms with E-state index >= 15 is 0 Å². The van der Waals surface area contributed by atoms with Crippen molar-refractivity contribution in [1.82, 2.24) is 19.7 Å². The maximum atomic E-state index is 14.8. The Balaban J connectivity index is 1.62. The largest absolute Gasteiger partial charge is 0.461 e. The van der Waals surface area contributed by atoms with Gasteiger partial charge in [-0.1, -0.05) is 0 Å². The summed E-state index contributed by atoms with van der Waals surface area (Å²) in [6.45, 7) is 5.43. The standard InChI is InChI=1S/C22H20FN5O2S/c1-12-10-13(2)28(27-12)17-8-7-15(11-16(17)23)25-21(29)19-14(3)24-20(26-22(19)31-4)18-6-5-9-30-18/h5-11H,1-4H3,(H,25,29). The number of nitrogens with one attached hydrogen (secondary N) is 1.